The minimum Gasteiger partial charge on any atom is -0.493 e. The van der Waals surface area contributed by atoms with Crippen molar-refractivity contribution in [1.29, 1.82) is 0 Å². The van der Waals surface area contributed by atoms with Gasteiger partial charge in [0.25, 0.3) is 0 Å². The second kappa shape index (κ2) is 10.5. The molecule has 0 saturated heterocycles. The highest BCUT2D eigenvalue weighted by Gasteiger charge is 2.24. The number of hydrogen-bond donors (Lipinski definition) is 1. The van der Waals surface area contributed by atoms with Gasteiger partial charge in [0.05, 0.1) is 25.7 Å². The molecule has 9 heteroatoms. The Kier molecular flexibility index (Phi) is 8.36. The number of carbonyl (C=O) groups is 1. The van der Waals surface area contributed by atoms with E-state index in [0.717, 1.165) is 9.20 Å². The van der Waals surface area contributed by atoms with Crippen molar-refractivity contribution in [3.63, 3.8) is 0 Å². The van der Waals surface area contributed by atoms with Gasteiger partial charge in [-0.2, -0.15) is 4.31 Å². The fraction of sp³-hybridized carbons (Fsp3) is 0.350. The zero-order valence-electron chi connectivity index (χ0n) is 17.0. The molecule has 2 aromatic rings. The second-order valence-electron chi connectivity index (χ2n) is 6.29. The molecular weight excluding hydrogens is 412 g/mol. The molecule has 0 aliphatic carbocycles. The Morgan fingerprint density at radius 1 is 1.07 bits per heavy atom. The van der Waals surface area contributed by atoms with E-state index in [2.05, 4.69) is 5.32 Å². The van der Waals surface area contributed by atoms with Gasteiger partial charge in [-0.05, 0) is 31.2 Å². The Labute approximate surface area is 176 Å². The molecule has 0 bridgehead atoms. The van der Waals surface area contributed by atoms with Crippen LogP contribution in [0.3, 0.4) is 0 Å². The third kappa shape index (κ3) is 6.38. The third-order valence-corrected chi connectivity index (χ3v) is 6.96. The standard InChI is InChI=1S/C20H26N2O5S2/c1-15-5-7-16(8-6-15)28-12-11-21-20(23)14-22(2)29(24,25)17-9-10-18(26-3)19(13-17)27-4/h5-10,13H,11-12,14H2,1-4H3,(H,21,23). The largest absolute Gasteiger partial charge is 0.493 e. The normalized spacial score (nSPS) is 11.3. The summed E-state index contributed by atoms with van der Waals surface area (Å²) in [6.45, 7) is 2.20. The molecule has 2 aromatic carbocycles. The van der Waals surface area contributed by atoms with E-state index in [-0.39, 0.29) is 17.3 Å². The van der Waals surface area contributed by atoms with Crippen molar-refractivity contribution >= 4 is 27.7 Å². The summed E-state index contributed by atoms with van der Waals surface area (Å²) in [7, 11) is 0.433. The number of aryl methyl sites for hydroxylation is 1. The number of methoxy groups -OCH3 is 2. The quantitative estimate of drug-likeness (QED) is 0.453. The van der Waals surface area contributed by atoms with E-state index in [1.54, 1.807) is 11.8 Å². The maximum Gasteiger partial charge on any atom is 0.243 e. The molecule has 0 aromatic heterocycles. The number of sulfonamides is 1. The maximum atomic E-state index is 12.7. The SMILES string of the molecule is COc1ccc(S(=O)(=O)N(C)CC(=O)NCCSc2ccc(C)cc2)cc1OC. The Morgan fingerprint density at radius 3 is 2.34 bits per heavy atom. The molecule has 7 nitrogen and oxygen atoms in total. The zero-order valence-corrected chi connectivity index (χ0v) is 18.6. The average Bonchev–Trinajstić information content (AvgIpc) is 2.71. The molecular formula is C20H26N2O5S2. The summed E-state index contributed by atoms with van der Waals surface area (Å²) in [5, 5.41) is 2.75. The first-order valence-electron chi connectivity index (χ1n) is 8.92. The van der Waals surface area contributed by atoms with Crippen molar-refractivity contribution in [3.8, 4) is 11.5 Å². The number of amides is 1. The topological polar surface area (TPSA) is 84.9 Å². The minimum absolute atomic E-state index is 0.0281. The molecule has 2 rings (SSSR count). The number of nitrogens with zero attached hydrogens (tertiary/aromatic N) is 1. The third-order valence-electron chi connectivity index (χ3n) is 4.14. The van der Waals surface area contributed by atoms with Gasteiger partial charge >= 0.3 is 0 Å². The molecule has 0 radical (unpaired) electrons. The van der Waals surface area contributed by atoms with Crippen LogP contribution in [0.4, 0.5) is 0 Å². The monoisotopic (exact) mass is 438 g/mol. The Bertz CT molecular complexity index is 930. The molecule has 0 spiro atoms. The van der Waals surface area contributed by atoms with Crippen molar-refractivity contribution in [2.75, 3.05) is 40.1 Å². The summed E-state index contributed by atoms with van der Waals surface area (Å²) in [4.78, 5) is 13.3. The smallest absolute Gasteiger partial charge is 0.243 e. The number of ether oxygens (including phenoxy) is 2. The lowest BCUT2D eigenvalue weighted by Gasteiger charge is -2.18. The number of thioether (sulfide) groups is 1. The van der Waals surface area contributed by atoms with Gasteiger partial charge in [0.1, 0.15) is 0 Å². The van der Waals surface area contributed by atoms with Crippen molar-refractivity contribution < 1.29 is 22.7 Å². The molecule has 1 N–H and O–H groups in total. The summed E-state index contributed by atoms with van der Waals surface area (Å²) >= 11 is 1.63. The lowest BCUT2D eigenvalue weighted by Crippen LogP contribution is -2.39. The molecule has 0 unspecified atom stereocenters. The summed E-state index contributed by atoms with van der Waals surface area (Å²) in [6.07, 6.45) is 0. The van der Waals surface area contributed by atoms with Gasteiger partial charge in [0, 0.05) is 30.3 Å². The van der Waals surface area contributed by atoms with Crippen molar-refractivity contribution in [3.05, 3.63) is 48.0 Å². The first-order valence-corrected chi connectivity index (χ1v) is 11.3. The minimum atomic E-state index is -3.84. The number of nitrogens with one attached hydrogen (secondary N) is 1. The van der Waals surface area contributed by atoms with E-state index in [1.807, 2.05) is 31.2 Å². The molecule has 0 fully saturated rings. The second-order valence-corrected chi connectivity index (χ2v) is 9.50. The van der Waals surface area contributed by atoms with Crippen LogP contribution in [0.2, 0.25) is 0 Å². The number of benzene rings is 2. The average molecular weight is 439 g/mol. The summed E-state index contributed by atoms with van der Waals surface area (Å²) in [6, 6.07) is 12.5. The van der Waals surface area contributed by atoms with Crippen molar-refractivity contribution in [2.45, 2.75) is 16.7 Å². The highest BCUT2D eigenvalue weighted by Crippen LogP contribution is 2.30. The van der Waals surface area contributed by atoms with Gasteiger partial charge in [-0.1, -0.05) is 17.7 Å². The number of likely N-dealkylation sites (N-methyl/N-ethyl adjacent to an activating group) is 1. The van der Waals surface area contributed by atoms with Crippen LogP contribution in [0.5, 0.6) is 11.5 Å². The maximum absolute atomic E-state index is 12.7. The van der Waals surface area contributed by atoms with Crippen LogP contribution < -0.4 is 14.8 Å². The van der Waals surface area contributed by atoms with E-state index in [1.165, 1.54) is 45.0 Å². The van der Waals surface area contributed by atoms with E-state index in [4.69, 9.17) is 9.47 Å². The molecule has 1 amide bonds. The van der Waals surface area contributed by atoms with E-state index in [9.17, 15) is 13.2 Å². The van der Waals surface area contributed by atoms with Crippen molar-refractivity contribution in [2.24, 2.45) is 0 Å². The van der Waals surface area contributed by atoms with Gasteiger partial charge in [0.2, 0.25) is 15.9 Å². The Morgan fingerprint density at radius 2 is 1.72 bits per heavy atom. The molecule has 0 heterocycles. The zero-order chi connectivity index (χ0) is 21.4. The van der Waals surface area contributed by atoms with E-state index in [0.29, 0.717) is 23.8 Å². The summed E-state index contributed by atoms with van der Waals surface area (Å²) in [5.41, 5.74) is 1.20. The van der Waals surface area contributed by atoms with Crippen LogP contribution >= 0.6 is 11.8 Å². The molecule has 0 saturated carbocycles. The lowest BCUT2D eigenvalue weighted by molar-refractivity contribution is -0.121. The van der Waals surface area contributed by atoms with Gasteiger partial charge in [0.15, 0.2) is 11.5 Å². The van der Waals surface area contributed by atoms with E-state index >= 15 is 0 Å². The predicted molar refractivity (Wildman–Crippen MR) is 114 cm³/mol. The molecule has 0 atom stereocenters. The Balaban J connectivity index is 1.88. The van der Waals surface area contributed by atoms with Crippen LogP contribution in [-0.2, 0) is 14.8 Å². The van der Waals surface area contributed by atoms with Gasteiger partial charge in [-0.3, -0.25) is 4.79 Å². The number of rotatable bonds is 10. The predicted octanol–water partition coefficient (Wildman–Crippen LogP) is 2.54. The van der Waals surface area contributed by atoms with Gasteiger partial charge < -0.3 is 14.8 Å². The molecule has 0 aliphatic rings. The summed E-state index contributed by atoms with van der Waals surface area (Å²) < 4.78 is 36.7. The van der Waals surface area contributed by atoms with Crippen LogP contribution in [0, 0.1) is 6.92 Å². The van der Waals surface area contributed by atoms with Crippen LogP contribution in [-0.4, -0.2) is 58.7 Å². The highest BCUT2D eigenvalue weighted by molar-refractivity contribution is 7.99. The number of hydrogen-bond acceptors (Lipinski definition) is 6. The van der Waals surface area contributed by atoms with Gasteiger partial charge in [-0.15, -0.1) is 11.8 Å². The van der Waals surface area contributed by atoms with E-state index < -0.39 is 10.0 Å². The lowest BCUT2D eigenvalue weighted by atomic mass is 10.2. The summed E-state index contributed by atoms with van der Waals surface area (Å²) in [5.74, 6) is 1.07. The van der Waals surface area contributed by atoms with Crippen LogP contribution in [0.25, 0.3) is 0 Å². The van der Waals surface area contributed by atoms with Crippen molar-refractivity contribution in [1.82, 2.24) is 9.62 Å². The fourth-order valence-corrected chi connectivity index (χ4v) is 4.41. The first-order chi connectivity index (χ1) is 13.8. The number of carbonyl (C=O) groups excluding carboxylic acids is 1. The molecule has 158 valence electrons. The first kappa shape index (κ1) is 23.1. The van der Waals surface area contributed by atoms with Crippen LogP contribution in [0.1, 0.15) is 5.56 Å². The Hall–Kier alpha value is -2.23. The van der Waals surface area contributed by atoms with Gasteiger partial charge in [-0.25, -0.2) is 8.42 Å². The highest BCUT2D eigenvalue weighted by atomic mass is 32.2. The molecule has 0 aliphatic heterocycles. The fourth-order valence-electron chi connectivity index (χ4n) is 2.49. The molecule has 29 heavy (non-hydrogen) atoms. The van der Waals surface area contributed by atoms with Crippen LogP contribution in [0.15, 0.2) is 52.3 Å².